The van der Waals surface area contributed by atoms with E-state index in [1.54, 1.807) is 0 Å². The molecule has 4 aliphatic rings. The maximum atomic E-state index is 13.6. The number of carboxylic acids is 1. The Bertz CT molecular complexity index is 1020. The minimum Gasteiger partial charge on any atom is -0.481 e. The predicted octanol–water partition coefficient (Wildman–Crippen LogP) is 4.52. The lowest BCUT2D eigenvalue weighted by Gasteiger charge is -2.61. The molecule has 8 unspecified atom stereocenters. The molecular weight excluding hydrogens is 472 g/mol. The lowest BCUT2D eigenvalue weighted by Crippen LogP contribution is -2.60. The fraction of sp³-hybridized carbons (Fsp3) is 0.800. The molecule has 3 N–H and O–H groups in total. The minimum atomic E-state index is -0.912. The first kappa shape index (κ1) is 29.7. The van der Waals surface area contributed by atoms with Gasteiger partial charge in [0.05, 0.1) is 23.5 Å². The molecule has 37 heavy (non-hydrogen) atoms. The number of allylic oxidation sites excluding steroid dienone is 1. The minimum absolute atomic E-state index is 0.0212. The highest BCUT2D eigenvalue weighted by Crippen LogP contribution is 2.70. The molecular formula is C30H46O7. The van der Waals surface area contributed by atoms with E-state index in [2.05, 4.69) is 34.6 Å². The van der Waals surface area contributed by atoms with Gasteiger partial charge >= 0.3 is 5.97 Å². The molecule has 0 aliphatic heterocycles. The third-order valence-electron chi connectivity index (χ3n) is 11.0. The zero-order valence-electron chi connectivity index (χ0n) is 23.8. The van der Waals surface area contributed by atoms with Crippen molar-refractivity contribution in [2.45, 2.75) is 113 Å². The van der Waals surface area contributed by atoms with Crippen LogP contribution in [-0.2, 0) is 19.2 Å². The second kappa shape index (κ2) is 9.71. The van der Waals surface area contributed by atoms with E-state index in [1.165, 1.54) is 13.8 Å². The molecule has 8 atom stereocenters. The van der Waals surface area contributed by atoms with Crippen LogP contribution in [0.1, 0.15) is 100 Å². The summed E-state index contributed by atoms with van der Waals surface area (Å²) in [5.74, 6) is -1.00. The topological polar surface area (TPSA) is 129 Å². The van der Waals surface area contributed by atoms with Gasteiger partial charge < -0.3 is 20.1 Å². The van der Waals surface area contributed by atoms with Gasteiger partial charge in [-0.2, -0.15) is 0 Å². The van der Waals surface area contributed by atoms with Crippen molar-refractivity contribution in [1.82, 2.24) is 0 Å². The van der Waals surface area contributed by atoms with Gasteiger partial charge in [-0.1, -0.05) is 48.0 Å². The monoisotopic (exact) mass is 518 g/mol. The molecule has 0 saturated heterocycles. The standard InChI is InChI=1S/C24H36O4.C6H10O3/c1-7-13-10-18(28)24(6)20-14(25)11-16-21(2,3)17(27)8-9-22(16,4)19(20)15(26)12-23(13,24)5;1-4(6(8)9)3-5(2)7/h13-14,16-17,25,27H,7-12H2,1-6H3;4H,3H2,1-2H3,(H,8,9). The van der Waals surface area contributed by atoms with Gasteiger partial charge in [-0.25, -0.2) is 0 Å². The van der Waals surface area contributed by atoms with Crippen molar-refractivity contribution in [3.05, 3.63) is 11.1 Å². The first-order chi connectivity index (χ1) is 16.9. The van der Waals surface area contributed by atoms with Crippen molar-refractivity contribution < 1.29 is 34.5 Å². The number of carboxylic acid groups (broad SMARTS) is 1. The number of aliphatic hydroxyl groups excluding tert-OH is 2. The summed E-state index contributed by atoms with van der Waals surface area (Å²) in [6.45, 7) is 15.4. The molecule has 0 amide bonds. The highest BCUT2D eigenvalue weighted by molar-refractivity contribution is 6.05. The number of carbonyl (C=O) groups excluding carboxylic acids is 3. The Balaban J connectivity index is 0.000000364. The van der Waals surface area contributed by atoms with Crippen molar-refractivity contribution in [3.8, 4) is 0 Å². The maximum Gasteiger partial charge on any atom is 0.306 e. The van der Waals surface area contributed by atoms with Crippen molar-refractivity contribution in [3.63, 3.8) is 0 Å². The zero-order valence-corrected chi connectivity index (χ0v) is 23.8. The van der Waals surface area contributed by atoms with Crippen LogP contribution < -0.4 is 0 Å². The van der Waals surface area contributed by atoms with E-state index in [1.807, 2.05) is 6.92 Å². The molecule has 0 bridgehead atoms. The van der Waals surface area contributed by atoms with Gasteiger partial charge in [0.2, 0.25) is 0 Å². The Morgan fingerprint density at radius 1 is 1.08 bits per heavy atom. The number of aliphatic carboxylic acids is 1. The molecule has 0 aromatic heterocycles. The SMILES string of the molecule is CC(=O)CC(C)C(=O)O.CCC1CC(=O)C2(C)C3=C(C(=O)CC12C)C1(C)CCC(O)C(C)(C)C1CC3O. The Labute approximate surface area is 221 Å². The highest BCUT2D eigenvalue weighted by atomic mass is 16.4. The Morgan fingerprint density at radius 2 is 1.68 bits per heavy atom. The van der Waals surface area contributed by atoms with Gasteiger partial charge in [0.25, 0.3) is 0 Å². The number of rotatable bonds is 4. The molecule has 208 valence electrons. The van der Waals surface area contributed by atoms with Gasteiger partial charge in [0.15, 0.2) is 5.78 Å². The summed E-state index contributed by atoms with van der Waals surface area (Å²) >= 11 is 0. The van der Waals surface area contributed by atoms with Crippen LogP contribution in [0.2, 0.25) is 0 Å². The van der Waals surface area contributed by atoms with Crippen molar-refractivity contribution in [1.29, 1.82) is 0 Å². The van der Waals surface area contributed by atoms with Crippen LogP contribution >= 0.6 is 0 Å². The average molecular weight is 519 g/mol. The molecule has 0 radical (unpaired) electrons. The van der Waals surface area contributed by atoms with Crippen LogP contribution in [0.25, 0.3) is 0 Å². The Kier molecular flexibility index (Phi) is 7.79. The molecule has 7 heteroatoms. The van der Waals surface area contributed by atoms with Crippen molar-refractivity contribution in [2.24, 2.45) is 39.4 Å². The fourth-order valence-corrected chi connectivity index (χ4v) is 8.46. The molecule has 0 heterocycles. The molecule has 2 saturated carbocycles. The highest BCUT2D eigenvalue weighted by Gasteiger charge is 2.69. The number of carbonyl (C=O) groups is 4. The molecule has 2 fully saturated rings. The summed E-state index contributed by atoms with van der Waals surface area (Å²) < 4.78 is 0. The average Bonchev–Trinajstić information content (AvgIpc) is 2.98. The summed E-state index contributed by atoms with van der Waals surface area (Å²) in [5, 5.41) is 30.3. The zero-order chi connectivity index (χ0) is 28.3. The Morgan fingerprint density at radius 3 is 2.16 bits per heavy atom. The summed E-state index contributed by atoms with van der Waals surface area (Å²) in [6.07, 6.45) is 2.59. The van der Waals surface area contributed by atoms with E-state index in [0.29, 0.717) is 25.7 Å². The predicted molar refractivity (Wildman–Crippen MR) is 140 cm³/mol. The first-order valence-electron chi connectivity index (χ1n) is 13.8. The molecule has 0 aromatic rings. The lowest BCUT2D eigenvalue weighted by atomic mass is 9.42. The third kappa shape index (κ3) is 4.34. The van der Waals surface area contributed by atoms with E-state index < -0.39 is 34.9 Å². The summed E-state index contributed by atoms with van der Waals surface area (Å²) in [7, 11) is 0. The summed E-state index contributed by atoms with van der Waals surface area (Å²) in [5.41, 5.74) is -0.462. The number of ketones is 3. The number of hydrogen-bond donors (Lipinski definition) is 3. The van der Waals surface area contributed by atoms with Gasteiger partial charge in [-0.15, -0.1) is 0 Å². The molecule has 7 nitrogen and oxygen atoms in total. The number of fused-ring (bicyclic) bond motifs is 4. The van der Waals surface area contributed by atoms with E-state index in [4.69, 9.17) is 5.11 Å². The van der Waals surface area contributed by atoms with E-state index in [-0.39, 0.29) is 46.4 Å². The second-order valence-corrected chi connectivity index (χ2v) is 13.4. The second-order valence-electron chi connectivity index (χ2n) is 13.4. The number of Topliss-reactive ketones (excluding diaryl/α,β-unsaturated/α-hetero) is 3. The lowest BCUT2D eigenvalue weighted by molar-refractivity contribution is -0.143. The molecule has 4 rings (SSSR count). The van der Waals surface area contributed by atoms with Crippen LogP contribution in [0, 0.1) is 39.4 Å². The van der Waals surface area contributed by atoms with Gasteiger partial charge in [-0.3, -0.25) is 14.4 Å². The Hall–Kier alpha value is -1.86. The smallest absolute Gasteiger partial charge is 0.306 e. The normalized spacial score (nSPS) is 41.1. The number of hydrogen-bond acceptors (Lipinski definition) is 6. The first-order valence-corrected chi connectivity index (χ1v) is 13.8. The van der Waals surface area contributed by atoms with Crippen LogP contribution in [-0.4, -0.2) is 50.8 Å². The summed E-state index contributed by atoms with van der Waals surface area (Å²) in [4.78, 5) is 47.4. The van der Waals surface area contributed by atoms with E-state index in [9.17, 15) is 29.4 Å². The van der Waals surface area contributed by atoms with Crippen LogP contribution in [0.5, 0.6) is 0 Å². The van der Waals surface area contributed by atoms with Crippen LogP contribution in [0.4, 0.5) is 0 Å². The van der Waals surface area contributed by atoms with Gasteiger partial charge in [0.1, 0.15) is 11.6 Å². The maximum absolute atomic E-state index is 13.6. The van der Waals surface area contributed by atoms with E-state index >= 15 is 0 Å². The van der Waals surface area contributed by atoms with Crippen molar-refractivity contribution in [2.75, 3.05) is 0 Å². The van der Waals surface area contributed by atoms with Gasteiger partial charge in [-0.05, 0) is 66.8 Å². The fourth-order valence-electron chi connectivity index (χ4n) is 8.46. The van der Waals surface area contributed by atoms with Crippen LogP contribution in [0.15, 0.2) is 11.1 Å². The molecule has 4 aliphatic carbocycles. The largest absolute Gasteiger partial charge is 0.481 e. The summed E-state index contributed by atoms with van der Waals surface area (Å²) in [6, 6.07) is 0. The third-order valence-corrected chi connectivity index (χ3v) is 11.0. The number of aliphatic hydroxyl groups is 2. The van der Waals surface area contributed by atoms with E-state index in [0.717, 1.165) is 24.0 Å². The quantitative estimate of drug-likeness (QED) is 0.499. The van der Waals surface area contributed by atoms with Crippen LogP contribution in [0.3, 0.4) is 0 Å². The van der Waals surface area contributed by atoms with Crippen molar-refractivity contribution >= 4 is 23.3 Å². The molecule has 0 aromatic carbocycles. The molecule has 0 spiro atoms. The van der Waals surface area contributed by atoms with Gasteiger partial charge in [0, 0.05) is 24.8 Å².